The van der Waals surface area contributed by atoms with Gasteiger partial charge in [0.2, 0.25) is 0 Å². The molecule has 0 aliphatic heterocycles. The molecular weight excluding hydrogens is 328 g/mol. The van der Waals surface area contributed by atoms with Crippen LogP contribution in [0.1, 0.15) is 24.3 Å². The Morgan fingerprint density at radius 3 is 2.50 bits per heavy atom. The smallest absolute Gasteiger partial charge is 0.359 e. The fraction of sp³-hybridized carbons (Fsp3) is 0.364. The van der Waals surface area contributed by atoms with Gasteiger partial charge in [-0.05, 0) is 13.8 Å². The zero-order valence-corrected chi connectivity index (χ0v) is 12.9. The van der Waals surface area contributed by atoms with Crippen molar-refractivity contribution in [1.82, 2.24) is 10.3 Å². The number of anilines is 1. The largest absolute Gasteiger partial charge is 0.448 e. The first-order valence-electron chi connectivity index (χ1n) is 5.58. The first-order chi connectivity index (χ1) is 9.29. The van der Waals surface area contributed by atoms with Crippen molar-refractivity contribution < 1.29 is 14.3 Å². The van der Waals surface area contributed by atoms with Crippen LogP contribution in [0.2, 0.25) is 15.2 Å². The molecule has 1 heterocycles. The number of likely N-dealkylation sites (N-methyl/N-ethyl adjacent to an activating group) is 1. The lowest BCUT2D eigenvalue weighted by molar-refractivity contribution is -0.128. The van der Waals surface area contributed by atoms with Crippen molar-refractivity contribution in [2.24, 2.45) is 0 Å². The maximum atomic E-state index is 11.9. The number of aromatic nitrogens is 1. The monoisotopic (exact) mass is 339 g/mol. The van der Waals surface area contributed by atoms with Gasteiger partial charge in [-0.1, -0.05) is 34.8 Å². The van der Waals surface area contributed by atoms with Crippen LogP contribution in [0.15, 0.2) is 0 Å². The number of carbonyl (C=O) groups is 2. The fourth-order valence-electron chi connectivity index (χ4n) is 1.25. The van der Waals surface area contributed by atoms with Crippen LogP contribution in [0.25, 0.3) is 0 Å². The second-order valence-corrected chi connectivity index (χ2v) is 4.85. The number of nitrogens with one attached hydrogen (secondary N) is 1. The van der Waals surface area contributed by atoms with Crippen LogP contribution in [-0.2, 0) is 9.53 Å². The maximum Gasteiger partial charge on any atom is 0.359 e. The predicted molar refractivity (Wildman–Crippen MR) is 77.2 cm³/mol. The van der Waals surface area contributed by atoms with Crippen molar-refractivity contribution in [2.45, 2.75) is 20.0 Å². The average Bonchev–Trinajstić information content (AvgIpc) is 2.40. The van der Waals surface area contributed by atoms with Crippen molar-refractivity contribution in [3.05, 3.63) is 20.9 Å². The first-order valence-corrected chi connectivity index (χ1v) is 6.71. The van der Waals surface area contributed by atoms with Crippen LogP contribution in [0, 0.1) is 0 Å². The molecule has 0 bridgehead atoms. The van der Waals surface area contributed by atoms with E-state index < -0.39 is 18.0 Å². The molecule has 1 aromatic rings. The van der Waals surface area contributed by atoms with Crippen molar-refractivity contribution in [1.29, 1.82) is 0 Å². The second kappa shape index (κ2) is 6.97. The molecule has 0 unspecified atom stereocenters. The summed E-state index contributed by atoms with van der Waals surface area (Å²) in [5, 5.41) is 2.11. The van der Waals surface area contributed by atoms with Crippen molar-refractivity contribution in [3.63, 3.8) is 0 Å². The first kappa shape index (κ1) is 16.8. The van der Waals surface area contributed by atoms with Gasteiger partial charge in [-0.15, -0.1) is 0 Å². The highest BCUT2D eigenvalue weighted by Gasteiger charge is 2.24. The van der Waals surface area contributed by atoms with E-state index >= 15 is 0 Å². The fourth-order valence-corrected chi connectivity index (χ4v) is 1.84. The Kier molecular flexibility index (Phi) is 5.86. The molecular formula is C11H12Cl3N3O3. The Labute approximate surface area is 130 Å². The number of hydrogen-bond acceptors (Lipinski definition) is 5. The molecule has 110 valence electrons. The topological polar surface area (TPSA) is 94.3 Å². The van der Waals surface area contributed by atoms with Crippen LogP contribution >= 0.6 is 34.8 Å². The number of halogens is 3. The molecule has 0 radical (unpaired) electrons. The summed E-state index contributed by atoms with van der Waals surface area (Å²) in [5.74, 6) is -1.36. The van der Waals surface area contributed by atoms with E-state index in [9.17, 15) is 9.59 Å². The van der Waals surface area contributed by atoms with Gasteiger partial charge in [0.05, 0.1) is 10.7 Å². The average molecular weight is 341 g/mol. The molecule has 20 heavy (non-hydrogen) atoms. The third kappa shape index (κ3) is 3.65. The van der Waals surface area contributed by atoms with Gasteiger partial charge in [0.15, 0.2) is 17.0 Å². The Bertz CT molecular complexity index is 551. The molecule has 0 fully saturated rings. The number of hydrogen-bond donors (Lipinski definition) is 2. The third-order valence-corrected chi connectivity index (χ3v) is 3.40. The predicted octanol–water partition coefficient (Wildman–Crippen LogP) is 2.31. The summed E-state index contributed by atoms with van der Waals surface area (Å²) in [7, 11) is 0. The summed E-state index contributed by atoms with van der Waals surface area (Å²) in [6, 6.07) is 0. The number of nitrogens with zero attached hydrogens (tertiary/aromatic N) is 1. The second-order valence-electron chi connectivity index (χ2n) is 3.73. The van der Waals surface area contributed by atoms with E-state index in [1.165, 1.54) is 6.92 Å². The molecule has 0 saturated heterocycles. The molecule has 1 amide bonds. The number of carbonyl (C=O) groups excluding carboxylic acids is 2. The lowest BCUT2D eigenvalue weighted by Gasteiger charge is -2.13. The number of esters is 1. The molecule has 0 aromatic carbocycles. The Morgan fingerprint density at radius 2 is 1.95 bits per heavy atom. The zero-order valence-electron chi connectivity index (χ0n) is 10.7. The van der Waals surface area contributed by atoms with E-state index in [4.69, 9.17) is 45.3 Å². The zero-order chi connectivity index (χ0) is 15.4. The van der Waals surface area contributed by atoms with Gasteiger partial charge in [-0.25, -0.2) is 9.78 Å². The van der Waals surface area contributed by atoms with Crippen LogP contribution in [0.4, 0.5) is 5.69 Å². The molecule has 0 aliphatic rings. The molecule has 1 aromatic heterocycles. The molecule has 6 nitrogen and oxygen atoms in total. The van der Waals surface area contributed by atoms with Crippen molar-refractivity contribution in [2.75, 3.05) is 12.3 Å². The lowest BCUT2D eigenvalue weighted by Crippen LogP contribution is -2.35. The van der Waals surface area contributed by atoms with E-state index in [2.05, 4.69) is 10.3 Å². The molecule has 1 atom stereocenters. The van der Waals surface area contributed by atoms with E-state index in [0.717, 1.165) is 0 Å². The van der Waals surface area contributed by atoms with Gasteiger partial charge in [-0.2, -0.15) is 0 Å². The quantitative estimate of drug-likeness (QED) is 0.648. The molecule has 9 heteroatoms. The standard InChI is InChI=1S/C11H12Cl3N3O3/c1-3-16-10(18)4(2)20-11(19)8-5(12)7(15)6(13)9(14)17-8/h4H,3H2,1-2H3,(H2,15,17)(H,16,18)/t4-/m0/s1. The summed E-state index contributed by atoms with van der Waals surface area (Å²) in [5.41, 5.74) is 5.21. The molecule has 1 rings (SSSR count). The van der Waals surface area contributed by atoms with Crippen LogP contribution in [0.3, 0.4) is 0 Å². The normalized spacial score (nSPS) is 11.8. The van der Waals surface area contributed by atoms with Gasteiger partial charge < -0.3 is 15.8 Å². The summed E-state index contributed by atoms with van der Waals surface area (Å²) in [4.78, 5) is 27.1. The van der Waals surface area contributed by atoms with Crippen LogP contribution in [-0.4, -0.2) is 29.5 Å². The van der Waals surface area contributed by atoms with Gasteiger partial charge in [-0.3, -0.25) is 4.79 Å². The number of amides is 1. The number of ether oxygens (including phenoxy) is 1. The minimum absolute atomic E-state index is 0.0509. The summed E-state index contributed by atoms with van der Waals surface area (Å²) >= 11 is 17.3. The SMILES string of the molecule is CCNC(=O)[C@H](C)OC(=O)c1nc(Cl)c(Cl)c(N)c1Cl. The van der Waals surface area contributed by atoms with Gasteiger partial charge in [0.25, 0.3) is 5.91 Å². The lowest BCUT2D eigenvalue weighted by atomic mass is 10.3. The number of nitrogen functional groups attached to an aromatic ring is 1. The molecule has 0 aliphatic carbocycles. The van der Waals surface area contributed by atoms with E-state index in [1.54, 1.807) is 6.92 Å². The minimum atomic E-state index is -1.00. The molecule has 0 saturated carbocycles. The molecule has 3 N–H and O–H groups in total. The number of pyridine rings is 1. The van der Waals surface area contributed by atoms with Gasteiger partial charge in [0, 0.05) is 6.54 Å². The number of rotatable bonds is 4. The summed E-state index contributed by atoms with van der Waals surface area (Å²) in [6.45, 7) is 3.57. The Balaban J connectivity index is 2.97. The summed E-state index contributed by atoms with van der Waals surface area (Å²) in [6.07, 6.45) is -1.00. The Hall–Kier alpha value is -1.24. The van der Waals surface area contributed by atoms with Crippen LogP contribution < -0.4 is 11.1 Å². The number of nitrogens with two attached hydrogens (primary N) is 1. The minimum Gasteiger partial charge on any atom is -0.448 e. The van der Waals surface area contributed by atoms with Crippen LogP contribution in [0.5, 0.6) is 0 Å². The highest BCUT2D eigenvalue weighted by Crippen LogP contribution is 2.34. The van der Waals surface area contributed by atoms with Gasteiger partial charge >= 0.3 is 5.97 Å². The Morgan fingerprint density at radius 1 is 1.35 bits per heavy atom. The van der Waals surface area contributed by atoms with Crippen molar-refractivity contribution in [3.8, 4) is 0 Å². The summed E-state index contributed by atoms with van der Waals surface area (Å²) < 4.78 is 4.93. The maximum absolute atomic E-state index is 11.9. The highest BCUT2D eigenvalue weighted by atomic mass is 35.5. The van der Waals surface area contributed by atoms with Gasteiger partial charge in [0.1, 0.15) is 5.02 Å². The van der Waals surface area contributed by atoms with E-state index in [-0.39, 0.29) is 26.6 Å². The van der Waals surface area contributed by atoms with Crippen molar-refractivity contribution >= 4 is 52.4 Å². The molecule has 0 spiro atoms. The van der Waals surface area contributed by atoms with E-state index in [1.807, 2.05) is 0 Å². The third-order valence-electron chi connectivity index (χ3n) is 2.27. The highest BCUT2D eigenvalue weighted by molar-refractivity contribution is 6.46. The van der Waals surface area contributed by atoms with E-state index in [0.29, 0.717) is 6.54 Å².